The number of benzene rings is 1. The third kappa shape index (κ3) is 3.72. The van der Waals surface area contributed by atoms with Gasteiger partial charge >= 0.3 is 0 Å². The highest BCUT2D eigenvalue weighted by atomic mass is 16.5. The van der Waals surface area contributed by atoms with Crippen LogP contribution in [0, 0.1) is 0 Å². The standard InChI is InChI=1S/C14H23NO2/c1-4-14(16)12-8-6-7-9-13(12)15(5-2)10-11-17-3/h6-9,14,16H,4-5,10-11H2,1-3H3/t14-/m0/s1. The third-order valence-corrected chi connectivity index (χ3v) is 2.97. The second-order valence-electron chi connectivity index (χ2n) is 4.06. The first-order valence-corrected chi connectivity index (χ1v) is 6.25. The average Bonchev–Trinajstić information content (AvgIpc) is 2.39. The second-order valence-corrected chi connectivity index (χ2v) is 4.06. The van der Waals surface area contributed by atoms with E-state index in [0.717, 1.165) is 30.8 Å². The first-order valence-electron chi connectivity index (χ1n) is 6.25. The van der Waals surface area contributed by atoms with Gasteiger partial charge in [-0.25, -0.2) is 0 Å². The van der Waals surface area contributed by atoms with Gasteiger partial charge in [-0.05, 0) is 19.4 Å². The summed E-state index contributed by atoms with van der Waals surface area (Å²) in [5.74, 6) is 0. The van der Waals surface area contributed by atoms with Crippen molar-refractivity contribution < 1.29 is 9.84 Å². The molecular weight excluding hydrogens is 214 g/mol. The molecule has 0 aliphatic heterocycles. The number of rotatable bonds is 7. The number of aliphatic hydroxyl groups is 1. The monoisotopic (exact) mass is 237 g/mol. The van der Waals surface area contributed by atoms with Crippen molar-refractivity contribution in [2.24, 2.45) is 0 Å². The van der Waals surface area contributed by atoms with Crippen molar-refractivity contribution >= 4 is 5.69 Å². The molecule has 0 spiro atoms. The van der Waals surface area contributed by atoms with E-state index in [1.165, 1.54) is 0 Å². The zero-order valence-electron chi connectivity index (χ0n) is 11.0. The Labute approximate surface area is 104 Å². The van der Waals surface area contributed by atoms with Crippen LogP contribution in [0.15, 0.2) is 24.3 Å². The number of anilines is 1. The Hall–Kier alpha value is -1.06. The summed E-state index contributed by atoms with van der Waals surface area (Å²) < 4.78 is 5.12. The highest BCUT2D eigenvalue weighted by Crippen LogP contribution is 2.27. The maximum atomic E-state index is 10.0. The van der Waals surface area contributed by atoms with Gasteiger partial charge < -0.3 is 14.7 Å². The van der Waals surface area contributed by atoms with E-state index in [9.17, 15) is 5.11 Å². The molecule has 1 N–H and O–H groups in total. The molecule has 1 aromatic rings. The molecule has 0 heterocycles. The minimum atomic E-state index is -0.386. The van der Waals surface area contributed by atoms with Crippen LogP contribution in [0.3, 0.4) is 0 Å². The lowest BCUT2D eigenvalue weighted by Crippen LogP contribution is -2.28. The van der Waals surface area contributed by atoms with Gasteiger partial charge in [0.15, 0.2) is 0 Å². The lowest BCUT2D eigenvalue weighted by Gasteiger charge is -2.26. The van der Waals surface area contributed by atoms with E-state index in [2.05, 4.69) is 17.9 Å². The molecule has 0 aliphatic rings. The Bertz CT molecular complexity index is 328. The molecule has 0 saturated carbocycles. The molecule has 3 nitrogen and oxygen atoms in total. The molecule has 0 aromatic heterocycles. The molecule has 17 heavy (non-hydrogen) atoms. The summed E-state index contributed by atoms with van der Waals surface area (Å²) in [6, 6.07) is 8.05. The van der Waals surface area contributed by atoms with Crippen molar-refractivity contribution in [1.82, 2.24) is 0 Å². The normalized spacial score (nSPS) is 12.5. The van der Waals surface area contributed by atoms with Crippen LogP contribution in [-0.2, 0) is 4.74 Å². The maximum Gasteiger partial charge on any atom is 0.0807 e. The average molecular weight is 237 g/mol. The van der Waals surface area contributed by atoms with E-state index in [1.54, 1.807) is 7.11 Å². The summed E-state index contributed by atoms with van der Waals surface area (Å²) in [4.78, 5) is 2.23. The first kappa shape index (κ1) is 14.0. The number of aliphatic hydroxyl groups excluding tert-OH is 1. The van der Waals surface area contributed by atoms with Gasteiger partial charge in [0.1, 0.15) is 0 Å². The van der Waals surface area contributed by atoms with E-state index in [-0.39, 0.29) is 6.10 Å². The Balaban J connectivity index is 2.93. The van der Waals surface area contributed by atoms with E-state index >= 15 is 0 Å². The number of likely N-dealkylation sites (N-methyl/N-ethyl adjacent to an activating group) is 1. The molecule has 0 aliphatic carbocycles. The van der Waals surface area contributed by atoms with Crippen LogP contribution in [0.25, 0.3) is 0 Å². The van der Waals surface area contributed by atoms with Gasteiger partial charge in [-0.3, -0.25) is 0 Å². The number of methoxy groups -OCH3 is 1. The zero-order chi connectivity index (χ0) is 12.7. The SMILES string of the molecule is CC[C@H](O)c1ccccc1N(CC)CCOC. The highest BCUT2D eigenvalue weighted by molar-refractivity contribution is 5.54. The van der Waals surface area contributed by atoms with Gasteiger partial charge in [0.2, 0.25) is 0 Å². The van der Waals surface area contributed by atoms with Crippen LogP contribution in [-0.4, -0.2) is 31.9 Å². The summed E-state index contributed by atoms with van der Waals surface area (Å²) in [5.41, 5.74) is 2.12. The summed E-state index contributed by atoms with van der Waals surface area (Å²) in [6.45, 7) is 6.57. The molecule has 1 aromatic carbocycles. The number of hydrogen-bond acceptors (Lipinski definition) is 3. The van der Waals surface area contributed by atoms with Crippen molar-refractivity contribution in [2.75, 3.05) is 31.7 Å². The third-order valence-electron chi connectivity index (χ3n) is 2.97. The Morgan fingerprint density at radius 3 is 2.59 bits per heavy atom. The summed E-state index contributed by atoms with van der Waals surface area (Å²) in [6.07, 6.45) is 0.349. The highest BCUT2D eigenvalue weighted by Gasteiger charge is 2.14. The minimum Gasteiger partial charge on any atom is -0.388 e. The number of para-hydroxylation sites is 1. The Kier molecular flexibility index (Phi) is 6.01. The van der Waals surface area contributed by atoms with Gasteiger partial charge in [0.25, 0.3) is 0 Å². The molecule has 96 valence electrons. The quantitative estimate of drug-likeness (QED) is 0.791. The summed E-state index contributed by atoms with van der Waals surface area (Å²) >= 11 is 0. The van der Waals surface area contributed by atoms with Gasteiger partial charge in [0, 0.05) is 31.5 Å². The molecule has 0 saturated heterocycles. The van der Waals surface area contributed by atoms with Crippen molar-refractivity contribution in [1.29, 1.82) is 0 Å². The van der Waals surface area contributed by atoms with E-state index in [0.29, 0.717) is 6.61 Å². The van der Waals surface area contributed by atoms with Crippen LogP contribution in [0.4, 0.5) is 5.69 Å². The summed E-state index contributed by atoms with van der Waals surface area (Å²) in [7, 11) is 1.71. The van der Waals surface area contributed by atoms with E-state index < -0.39 is 0 Å². The number of ether oxygens (including phenoxy) is 1. The maximum absolute atomic E-state index is 10.0. The molecule has 0 fully saturated rings. The Morgan fingerprint density at radius 1 is 1.29 bits per heavy atom. The van der Waals surface area contributed by atoms with Crippen molar-refractivity contribution in [3.8, 4) is 0 Å². The molecule has 0 unspecified atom stereocenters. The topological polar surface area (TPSA) is 32.7 Å². The molecule has 0 amide bonds. The van der Waals surface area contributed by atoms with Crippen LogP contribution in [0.2, 0.25) is 0 Å². The number of nitrogens with zero attached hydrogens (tertiary/aromatic N) is 1. The van der Waals surface area contributed by atoms with E-state index in [4.69, 9.17) is 4.74 Å². The predicted octanol–water partition coefficient (Wildman–Crippen LogP) is 2.60. The molecular formula is C14H23NO2. The van der Waals surface area contributed by atoms with Crippen LogP contribution in [0.5, 0.6) is 0 Å². The molecule has 1 atom stereocenters. The molecule has 0 bridgehead atoms. The lowest BCUT2D eigenvalue weighted by atomic mass is 10.0. The van der Waals surface area contributed by atoms with E-state index in [1.807, 2.05) is 25.1 Å². The predicted molar refractivity (Wildman–Crippen MR) is 71.5 cm³/mol. The van der Waals surface area contributed by atoms with Crippen LogP contribution in [0.1, 0.15) is 31.9 Å². The van der Waals surface area contributed by atoms with Crippen molar-refractivity contribution in [3.05, 3.63) is 29.8 Å². The van der Waals surface area contributed by atoms with Gasteiger partial charge in [-0.1, -0.05) is 25.1 Å². The fraction of sp³-hybridized carbons (Fsp3) is 0.571. The fourth-order valence-electron chi connectivity index (χ4n) is 1.93. The zero-order valence-corrected chi connectivity index (χ0v) is 11.0. The number of hydrogen-bond donors (Lipinski definition) is 1. The largest absolute Gasteiger partial charge is 0.388 e. The minimum absolute atomic E-state index is 0.386. The first-order chi connectivity index (χ1) is 8.24. The van der Waals surface area contributed by atoms with Gasteiger partial charge in [-0.2, -0.15) is 0 Å². The summed E-state index contributed by atoms with van der Waals surface area (Å²) in [5, 5.41) is 10.0. The molecule has 1 rings (SSSR count). The Morgan fingerprint density at radius 2 is 2.00 bits per heavy atom. The van der Waals surface area contributed by atoms with Crippen LogP contribution < -0.4 is 4.90 Å². The van der Waals surface area contributed by atoms with Crippen LogP contribution >= 0.6 is 0 Å². The lowest BCUT2D eigenvalue weighted by molar-refractivity contribution is 0.173. The smallest absolute Gasteiger partial charge is 0.0807 e. The van der Waals surface area contributed by atoms with Crippen molar-refractivity contribution in [2.45, 2.75) is 26.4 Å². The second kappa shape index (κ2) is 7.30. The fourth-order valence-corrected chi connectivity index (χ4v) is 1.93. The molecule has 0 radical (unpaired) electrons. The van der Waals surface area contributed by atoms with Crippen molar-refractivity contribution in [3.63, 3.8) is 0 Å². The molecule has 3 heteroatoms. The van der Waals surface area contributed by atoms with Gasteiger partial charge in [-0.15, -0.1) is 0 Å². The van der Waals surface area contributed by atoms with Gasteiger partial charge in [0.05, 0.1) is 12.7 Å².